The zero-order chi connectivity index (χ0) is 13.8. The number of rotatable bonds is 3. The van der Waals surface area contributed by atoms with Crippen molar-refractivity contribution in [1.29, 1.82) is 0 Å². The molecule has 1 aromatic carbocycles. The fraction of sp³-hybridized carbons (Fsp3) is 0.533. The highest BCUT2D eigenvalue weighted by molar-refractivity contribution is 5.79. The first-order chi connectivity index (χ1) is 9.10. The molecule has 0 radical (unpaired) electrons. The summed E-state index contributed by atoms with van der Waals surface area (Å²) in [5, 5.41) is 0. The maximum Gasteiger partial charge on any atom is 0.227 e. The number of aryl methyl sites for hydroxylation is 2. The van der Waals surface area contributed by atoms with E-state index in [1.54, 1.807) is 0 Å². The van der Waals surface area contributed by atoms with Crippen molar-refractivity contribution in [2.75, 3.05) is 26.2 Å². The van der Waals surface area contributed by atoms with Crippen LogP contribution in [0.15, 0.2) is 18.2 Å². The summed E-state index contributed by atoms with van der Waals surface area (Å²) in [6.45, 7) is 6.42. The molecule has 1 heterocycles. The van der Waals surface area contributed by atoms with Gasteiger partial charge in [-0.05, 0) is 25.0 Å². The zero-order valence-corrected chi connectivity index (χ0v) is 11.7. The third-order valence-corrected chi connectivity index (χ3v) is 3.60. The van der Waals surface area contributed by atoms with Crippen molar-refractivity contribution in [2.45, 2.75) is 26.4 Å². The van der Waals surface area contributed by atoms with E-state index in [0.717, 1.165) is 5.56 Å². The van der Waals surface area contributed by atoms with Gasteiger partial charge in [0.1, 0.15) is 0 Å². The highest BCUT2D eigenvalue weighted by atomic mass is 16.5. The van der Waals surface area contributed by atoms with Gasteiger partial charge < -0.3 is 15.4 Å². The van der Waals surface area contributed by atoms with Gasteiger partial charge in [-0.25, -0.2) is 0 Å². The molecule has 1 aliphatic heterocycles. The summed E-state index contributed by atoms with van der Waals surface area (Å²) in [4.78, 5) is 14.2. The summed E-state index contributed by atoms with van der Waals surface area (Å²) >= 11 is 0. The fourth-order valence-electron chi connectivity index (χ4n) is 2.35. The molecule has 19 heavy (non-hydrogen) atoms. The molecule has 0 spiro atoms. The molecule has 0 bridgehead atoms. The average molecular weight is 262 g/mol. The van der Waals surface area contributed by atoms with E-state index in [2.05, 4.69) is 18.2 Å². The Morgan fingerprint density at radius 3 is 3.00 bits per heavy atom. The largest absolute Gasteiger partial charge is 0.373 e. The maximum absolute atomic E-state index is 12.3. The standard InChI is InChI=1S/C15H22N2O2/c1-11-3-4-12(2)13(7-11)8-15(18)17-5-6-19-14(9-16)10-17/h3-4,7,14H,5-6,8-10,16H2,1-2H3. The van der Waals surface area contributed by atoms with Crippen molar-refractivity contribution >= 4 is 5.91 Å². The minimum absolute atomic E-state index is 0.0173. The normalized spacial score (nSPS) is 19.5. The van der Waals surface area contributed by atoms with E-state index in [1.807, 2.05) is 18.7 Å². The Balaban J connectivity index is 2.02. The summed E-state index contributed by atoms with van der Waals surface area (Å²) in [5.41, 5.74) is 9.07. The predicted molar refractivity (Wildman–Crippen MR) is 75.0 cm³/mol. The first-order valence-electron chi connectivity index (χ1n) is 6.75. The van der Waals surface area contributed by atoms with Crippen LogP contribution in [0.2, 0.25) is 0 Å². The van der Waals surface area contributed by atoms with Crippen LogP contribution in [0.5, 0.6) is 0 Å². The Morgan fingerprint density at radius 1 is 1.47 bits per heavy atom. The molecular weight excluding hydrogens is 240 g/mol. The highest BCUT2D eigenvalue weighted by Crippen LogP contribution is 2.14. The SMILES string of the molecule is Cc1ccc(C)c(CC(=O)N2CCOC(CN)C2)c1. The number of ether oxygens (including phenoxy) is 1. The Morgan fingerprint density at radius 2 is 2.26 bits per heavy atom. The minimum Gasteiger partial charge on any atom is -0.373 e. The third-order valence-electron chi connectivity index (χ3n) is 3.60. The summed E-state index contributed by atoms with van der Waals surface area (Å²) in [5.74, 6) is 0.162. The molecule has 1 atom stereocenters. The lowest BCUT2D eigenvalue weighted by Gasteiger charge is -2.32. The molecular formula is C15H22N2O2. The van der Waals surface area contributed by atoms with Gasteiger partial charge in [0.05, 0.1) is 19.1 Å². The number of hydrogen-bond acceptors (Lipinski definition) is 3. The molecule has 1 amide bonds. The highest BCUT2D eigenvalue weighted by Gasteiger charge is 2.23. The van der Waals surface area contributed by atoms with Crippen molar-refractivity contribution in [2.24, 2.45) is 5.73 Å². The van der Waals surface area contributed by atoms with Crippen LogP contribution < -0.4 is 5.73 Å². The van der Waals surface area contributed by atoms with Gasteiger partial charge in [-0.15, -0.1) is 0 Å². The van der Waals surface area contributed by atoms with Crippen LogP contribution in [0.4, 0.5) is 0 Å². The molecule has 0 aromatic heterocycles. The third kappa shape index (κ3) is 3.55. The summed E-state index contributed by atoms with van der Waals surface area (Å²) in [6, 6.07) is 6.23. The maximum atomic E-state index is 12.3. The van der Waals surface area contributed by atoms with Crippen LogP contribution in [0.1, 0.15) is 16.7 Å². The van der Waals surface area contributed by atoms with Gasteiger partial charge in [0, 0.05) is 19.6 Å². The van der Waals surface area contributed by atoms with Gasteiger partial charge in [0.2, 0.25) is 5.91 Å². The molecule has 1 unspecified atom stereocenters. The Kier molecular flexibility index (Phi) is 4.56. The predicted octanol–water partition coefficient (Wildman–Crippen LogP) is 1.03. The van der Waals surface area contributed by atoms with E-state index in [1.165, 1.54) is 11.1 Å². The lowest BCUT2D eigenvalue weighted by molar-refractivity contribution is -0.137. The molecule has 4 nitrogen and oxygen atoms in total. The second kappa shape index (κ2) is 6.17. The van der Waals surface area contributed by atoms with Crippen LogP contribution in [0.25, 0.3) is 0 Å². The van der Waals surface area contributed by atoms with Crippen molar-refractivity contribution in [3.8, 4) is 0 Å². The molecule has 1 fully saturated rings. The van der Waals surface area contributed by atoms with E-state index >= 15 is 0 Å². The van der Waals surface area contributed by atoms with Gasteiger partial charge in [-0.3, -0.25) is 4.79 Å². The second-order valence-corrected chi connectivity index (χ2v) is 5.17. The molecule has 2 rings (SSSR count). The second-order valence-electron chi connectivity index (χ2n) is 5.17. The van der Waals surface area contributed by atoms with Gasteiger partial charge >= 0.3 is 0 Å². The number of amides is 1. The van der Waals surface area contributed by atoms with Gasteiger partial charge in [0.25, 0.3) is 0 Å². The molecule has 104 valence electrons. The van der Waals surface area contributed by atoms with Gasteiger partial charge in [-0.2, -0.15) is 0 Å². The minimum atomic E-state index is -0.0173. The Hall–Kier alpha value is -1.39. The molecule has 0 aliphatic carbocycles. The molecule has 0 saturated carbocycles. The van der Waals surface area contributed by atoms with Gasteiger partial charge in [-0.1, -0.05) is 23.8 Å². The number of nitrogens with two attached hydrogens (primary N) is 1. The topological polar surface area (TPSA) is 55.6 Å². The van der Waals surface area contributed by atoms with Gasteiger partial charge in [0.15, 0.2) is 0 Å². The molecule has 1 saturated heterocycles. The summed E-state index contributed by atoms with van der Waals surface area (Å²) in [6.07, 6.45) is 0.446. The summed E-state index contributed by atoms with van der Waals surface area (Å²) < 4.78 is 5.48. The number of nitrogens with zero attached hydrogens (tertiary/aromatic N) is 1. The van der Waals surface area contributed by atoms with E-state index in [9.17, 15) is 4.79 Å². The van der Waals surface area contributed by atoms with Crippen LogP contribution in [0.3, 0.4) is 0 Å². The molecule has 2 N–H and O–H groups in total. The van der Waals surface area contributed by atoms with E-state index in [-0.39, 0.29) is 12.0 Å². The Bertz CT molecular complexity index is 459. The Labute approximate surface area is 114 Å². The van der Waals surface area contributed by atoms with E-state index < -0.39 is 0 Å². The van der Waals surface area contributed by atoms with Crippen LogP contribution in [0, 0.1) is 13.8 Å². The first-order valence-corrected chi connectivity index (χ1v) is 6.75. The average Bonchev–Trinajstić information content (AvgIpc) is 2.43. The van der Waals surface area contributed by atoms with Crippen molar-refractivity contribution in [3.05, 3.63) is 34.9 Å². The lowest BCUT2D eigenvalue weighted by atomic mass is 10.0. The fourth-order valence-corrected chi connectivity index (χ4v) is 2.35. The van der Waals surface area contributed by atoms with E-state index in [4.69, 9.17) is 10.5 Å². The number of benzene rings is 1. The van der Waals surface area contributed by atoms with Crippen LogP contribution in [-0.4, -0.2) is 43.2 Å². The number of morpholine rings is 1. The monoisotopic (exact) mass is 262 g/mol. The molecule has 4 heteroatoms. The smallest absolute Gasteiger partial charge is 0.227 e. The van der Waals surface area contributed by atoms with Crippen molar-refractivity contribution in [3.63, 3.8) is 0 Å². The quantitative estimate of drug-likeness (QED) is 0.885. The molecule has 1 aromatic rings. The zero-order valence-electron chi connectivity index (χ0n) is 11.7. The van der Waals surface area contributed by atoms with Crippen LogP contribution in [-0.2, 0) is 16.0 Å². The summed E-state index contributed by atoms with van der Waals surface area (Å²) in [7, 11) is 0. The lowest BCUT2D eigenvalue weighted by Crippen LogP contribution is -2.48. The van der Waals surface area contributed by atoms with Crippen LogP contribution >= 0.6 is 0 Å². The van der Waals surface area contributed by atoms with E-state index in [0.29, 0.717) is 32.7 Å². The molecule has 1 aliphatic rings. The number of carbonyl (C=O) groups excluding carboxylic acids is 1. The van der Waals surface area contributed by atoms with Crippen molar-refractivity contribution in [1.82, 2.24) is 4.90 Å². The first kappa shape index (κ1) is 14.0. The number of carbonyl (C=O) groups is 1. The number of hydrogen-bond donors (Lipinski definition) is 1. The van der Waals surface area contributed by atoms with Crippen molar-refractivity contribution < 1.29 is 9.53 Å².